The maximum absolute atomic E-state index is 11.7. The van der Waals surface area contributed by atoms with Crippen LogP contribution in [0.15, 0.2) is 0 Å². The second-order valence-electron chi connectivity index (χ2n) is 5.08. The van der Waals surface area contributed by atoms with Gasteiger partial charge in [-0.25, -0.2) is 4.79 Å². The second-order valence-corrected chi connectivity index (χ2v) is 5.08. The topological polar surface area (TPSA) is 59.0 Å². The van der Waals surface area contributed by atoms with Gasteiger partial charge in [0.25, 0.3) is 0 Å². The number of likely N-dealkylation sites (tertiary alicyclic amines) is 1. The van der Waals surface area contributed by atoms with Crippen LogP contribution in [-0.4, -0.2) is 55.1 Å². The summed E-state index contributed by atoms with van der Waals surface area (Å²) in [6.45, 7) is 4.98. The minimum atomic E-state index is -0.264. The molecule has 0 aromatic carbocycles. The number of aliphatic hydroxyl groups is 1. The molecule has 2 aliphatic heterocycles. The van der Waals surface area contributed by atoms with Crippen LogP contribution >= 0.6 is 0 Å². The molecule has 16 heavy (non-hydrogen) atoms. The van der Waals surface area contributed by atoms with Gasteiger partial charge in [0.2, 0.25) is 0 Å². The predicted molar refractivity (Wildman–Crippen MR) is 57.1 cm³/mol. The van der Waals surface area contributed by atoms with Crippen molar-refractivity contribution in [2.75, 3.05) is 32.9 Å². The number of nitrogens with zero attached hydrogens (tertiary/aromatic N) is 1. The zero-order valence-corrected chi connectivity index (χ0v) is 9.65. The third kappa shape index (κ3) is 2.65. The maximum Gasteiger partial charge on any atom is 0.409 e. The SMILES string of the molecule is CC1(COC(=O)N2CCC(O)CC2)COC1. The lowest BCUT2D eigenvalue weighted by molar-refractivity contribution is -0.128. The quantitative estimate of drug-likeness (QED) is 0.754. The molecule has 0 spiro atoms. The van der Waals surface area contributed by atoms with Crippen LogP contribution in [0, 0.1) is 5.41 Å². The van der Waals surface area contributed by atoms with E-state index in [-0.39, 0.29) is 17.6 Å². The Morgan fingerprint density at radius 1 is 1.50 bits per heavy atom. The van der Waals surface area contributed by atoms with Crippen molar-refractivity contribution < 1.29 is 19.4 Å². The summed E-state index contributed by atoms with van der Waals surface area (Å²) in [5.41, 5.74) is 0.00492. The minimum absolute atomic E-state index is 0.00492. The molecule has 2 aliphatic rings. The monoisotopic (exact) mass is 229 g/mol. The lowest BCUT2D eigenvalue weighted by atomic mass is 9.90. The van der Waals surface area contributed by atoms with Gasteiger partial charge in [-0.1, -0.05) is 6.92 Å². The normalized spacial score (nSPS) is 25.0. The Kier molecular flexibility index (Phi) is 3.35. The number of aliphatic hydroxyl groups excluding tert-OH is 1. The third-order valence-electron chi connectivity index (χ3n) is 3.17. The fourth-order valence-electron chi connectivity index (χ4n) is 1.91. The Labute approximate surface area is 95.3 Å². The average Bonchev–Trinajstić information content (AvgIpc) is 2.24. The summed E-state index contributed by atoms with van der Waals surface area (Å²) < 4.78 is 10.3. The van der Waals surface area contributed by atoms with Gasteiger partial charge in [0, 0.05) is 18.5 Å². The highest BCUT2D eigenvalue weighted by atomic mass is 16.6. The van der Waals surface area contributed by atoms with Gasteiger partial charge in [-0.2, -0.15) is 0 Å². The molecule has 2 fully saturated rings. The first-order valence-electron chi connectivity index (χ1n) is 5.77. The Bertz CT molecular complexity index is 257. The average molecular weight is 229 g/mol. The van der Waals surface area contributed by atoms with Crippen LogP contribution in [0.1, 0.15) is 19.8 Å². The minimum Gasteiger partial charge on any atom is -0.449 e. The van der Waals surface area contributed by atoms with Crippen molar-refractivity contribution in [2.24, 2.45) is 5.41 Å². The fraction of sp³-hybridized carbons (Fsp3) is 0.909. The number of carbonyl (C=O) groups excluding carboxylic acids is 1. The van der Waals surface area contributed by atoms with E-state index < -0.39 is 0 Å². The third-order valence-corrected chi connectivity index (χ3v) is 3.17. The van der Waals surface area contributed by atoms with Crippen LogP contribution in [0.3, 0.4) is 0 Å². The van der Waals surface area contributed by atoms with Crippen molar-refractivity contribution in [2.45, 2.75) is 25.9 Å². The summed E-state index contributed by atoms with van der Waals surface area (Å²) in [4.78, 5) is 13.3. The lowest BCUT2D eigenvalue weighted by Gasteiger charge is -2.38. The molecule has 92 valence electrons. The van der Waals surface area contributed by atoms with Crippen molar-refractivity contribution in [1.82, 2.24) is 4.90 Å². The Morgan fingerprint density at radius 3 is 2.62 bits per heavy atom. The van der Waals surface area contributed by atoms with Gasteiger partial charge in [-0.3, -0.25) is 0 Å². The first-order chi connectivity index (χ1) is 7.59. The van der Waals surface area contributed by atoms with E-state index in [9.17, 15) is 9.90 Å². The van der Waals surface area contributed by atoms with Crippen LogP contribution in [0.4, 0.5) is 4.79 Å². The molecule has 0 unspecified atom stereocenters. The van der Waals surface area contributed by atoms with E-state index in [1.165, 1.54) is 0 Å². The predicted octanol–water partition coefficient (Wildman–Crippen LogP) is 0.616. The van der Waals surface area contributed by atoms with Gasteiger partial charge in [0.1, 0.15) is 6.61 Å². The van der Waals surface area contributed by atoms with Crippen molar-refractivity contribution in [3.05, 3.63) is 0 Å². The van der Waals surface area contributed by atoms with Crippen LogP contribution in [0.2, 0.25) is 0 Å². The molecule has 5 nitrogen and oxygen atoms in total. The molecule has 0 aliphatic carbocycles. The van der Waals surface area contributed by atoms with Crippen molar-refractivity contribution in [3.8, 4) is 0 Å². The summed E-state index contributed by atoms with van der Waals surface area (Å²) >= 11 is 0. The highest BCUT2D eigenvalue weighted by Gasteiger charge is 2.35. The van der Waals surface area contributed by atoms with Crippen molar-refractivity contribution in [3.63, 3.8) is 0 Å². The van der Waals surface area contributed by atoms with Crippen molar-refractivity contribution >= 4 is 6.09 Å². The highest BCUT2D eigenvalue weighted by molar-refractivity contribution is 5.67. The van der Waals surface area contributed by atoms with Gasteiger partial charge in [-0.15, -0.1) is 0 Å². The summed E-state index contributed by atoms with van der Waals surface area (Å²) in [6, 6.07) is 0. The van der Waals surface area contributed by atoms with Crippen molar-refractivity contribution in [1.29, 1.82) is 0 Å². The smallest absolute Gasteiger partial charge is 0.409 e. The summed E-state index contributed by atoms with van der Waals surface area (Å²) in [6.07, 6.45) is 0.770. The summed E-state index contributed by atoms with van der Waals surface area (Å²) in [7, 11) is 0. The van der Waals surface area contributed by atoms with Gasteiger partial charge in [-0.05, 0) is 12.8 Å². The number of carbonyl (C=O) groups is 1. The molecular weight excluding hydrogens is 210 g/mol. The van der Waals surface area contributed by atoms with Gasteiger partial charge < -0.3 is 19.5 Å². The molecule has 2 saturated heterocycles. The van der Waals surface area contributed by atoms with E-state index in [0.29, 0.717) is 45.8 Å². The number of piperidine rings is 1. The molecule has 0 aromatic rings. The van der Waals surface area contributed by atoms with E-state index >= 15 is 0 Å². The Balaban J connectivity index is 1.71. The van der Waals surface area contributed by atoms with Gasteiger partial charge in [0.15, 0.2) is 0 Å². The van der Waals surface area contributed by atoms with Crippen LogP contribution in [-0.2, 0) is 9.47 Å². The molecule has 1 N–H and O–H groups in total. The molecule has 0 bridgehead atoms. The maximum atomic E-state index is 11.7. The molecular formula is C11H19NO4. The molecule has 1 amide bonds. The standard InChI is InChI=1S/C11H19NO4/c1-11(6-15-7-11)8-16-10(14)12-4-2-9(13)3-5-12/h9,13H,2-8H2,1H3. The molecule has 0 aromatic heterocycles. The highest BCUT2D eigenvalue weighted by Crippen LogP contribution is 2.26. The van der Waals surface area contributed by atoms with Crippen LogP contribution in [0.5, 0.6) is 0 Å². The number of hydrogen-bond donors (Lipinski definition) is 1. The Hall–Kier alpha value is -0.810. The zero-order valence-electron chi connectivity index (χ0n) is 9.65. The summed E-state index contributed by atoms with van der Waals surface area (Å²) in [5.74, 6) is 0. The Morgan fingerprint density at radius 2 is 2.12 bits per heavy atom. The largest absolute Gasteiger partial charge is 0.449 e. The number of rotatable bonds is 2. The van der Waals surface area contributed by atoms with Crippen LogP contribution < -0.4 is 0 Å². The van der Waals surface area contributed by atoms with E-state index in [0.717, 1.165) is 0 Å². The van der Waals surface area contributed by atoms with Gasteiger partial charge >= 0.3 is 6.09 Å². The number of ether oxygens (including phenoxy) is 2. The second kappa shape index (κ2) is 4.59. The number of hydrogen-bond acceptors (Lipinski definition) is 4. The fourth-order valence-corrected chi connectivity index (χ4v) is 1.91. The van der Waals surface area contributed by atoms with E-state index in [4.69, 9.17) is 9.47 Å². The van der Waals surface area contributed by atoms with Gasteiger partial charge in [0.05, 0.1) is 19.3 Å². The first kappa shape index (κ1) is 11.7. The van der Waals surface area contributed by atoms with E-state index in [1.54, 1.807) is 4.90 Å². The summed E-state index contributed by atoms with van der Waals surface area (Å²) in [5, 5.41) is 9.32. The van der Waals surface area contributed by atoms with Crippen LogP contribution in [0.25, 0.3) is 0 Å². The molecule has 0 saturated carbocycles. The lowest BCUT2D eigenvalue weighted by Crippen LogP contribution is -2.46. The molecule has 2 heterocycles. The first-order valence-corrected chi connectivity index (χ1v) is 5.77. The van der Waals surface area contributed by atoms with E-state index in [2.05, 4.69) is 0 Å². The molecule has 0 atom stereocenters. The zero-order chi connectivity index (χ0) is 11.6. The molecule has 0 radical (unpaired) electrons. The molecule has 2 rings (SSSR count). The number of amides is 1. The van der Waals surface area contributed by atoms with E-state index in [1.807, 2.05) is 6.92 Å². The molecule has 5 heteroatoms.